The molecule has 6 heteroatoms. The number of carbonyl (C=O) groups is 1. The van der Waals surface area contributed by atoms with Crippen LogP contribution in [-0.4, -0.2) is 14.3 Å². The first-order valence-corrected chi connectivity index (χ1v) is 6.68. The summed E-state index contributed by atoms with van der Waals surface area (Å²) in [4.78, 5) is 10.8. The summed E-state index contributed by atoms with van der Waals surface area (Å²) in [6.07, 6.45) is 1.13. The minimum Gasteiger partial charge on any atom is -0.269 e. The summed E-state index contributed by atoms with van der Waals surface area (Å²) >= 11 is 0. The van der Waals surface area contributed by atoms with E-state index >= 15 is 0 Å². The maximum Gasteiger partial charge on any atom is 0.267 e. The number of sulfonamides is 1. The Morgan fingerprint density at radius 1 is 1.33 bits per heavy atom. The van der Waals surface area contributed by atoms with E-state index in [4.69, 9.17) is 0 Å². The highest BCUT2D eigenvalue weighted by Gasteiger charge is 2.20. The number of aryl methyl sites for hydroxylation is 1. The smallest absolute Gasteiger partial charge is 0.267 e. The van der Waals surface area contributed by atoms with Crippen molar-refractivity contribution < 1.29 is 17.6 Å². The topological polar surface area (TPSA) is 63.2 Å². The molecule has 0 atom stereocenters. The molecule has 0 aliphatic heterocycles. The molecular formula is C12H14FNO3S. The molecule has 0 saturated carbocycles. The predicted octanol–water partition coefficient (Wildman–Crippen LogP) is 1.91. The van der Waals surface area contributed by atoms with Gasteiger partial charge in [-0.25, -0.2) is 17.5 Å². The molecule has 0 fully saturated rings. The van der Waals surface area contributed by atoms with Gasteiger partial charge >= 0.3 is 0 Å². The Labute approximate surface area is 106 Å². The lowest BCUT2D eigenvalue weighted by Crippen LogP contribution is -2.29. The molecule has 0 saturated heterocycles. The minimum atomic E-state index is -4.17. The number of amides is 1. The Morgan fingerprint density at radius 2 is 1.94 bits per heavy atom. The van der Waals surface area contributed by atoms with E-state index in [1.54, 1.807) is 25.5 Å². The van der Waals surface area contributed by atoms with Gasteiger partial charge in [0, 0.05) is 6.08 Å². The molecular weight excluding hydrogens is 257 g/mol. The van der Waals surface area contributed by atoms with Crippen LogP contribution >= 0.6 is 0 Å². The van der Waals surface area contributed by atoms with Gasteiger partial charge in [0.15, 0.2) is 0 Å². The SMILES string of the molecule is CC(C)=CC(=O)NS(=O)(=O)c1ccc(C)cc1F. The summed E-state index contributed by atoms with van der Waals surface area (Å²) in [6.45, 7) is 4.94. The van der Waals surface area contributed by atoms with Gasteiger partial charge in [0.05, 0.1) is 0 Å². The van der Waals surface area contributed by atoms with Crippen LogP contribution in [0.25, 0.3) is 0 Å². The molecule has 1 amide bonds. The van der Waals surface area contributed by atoms with Crippen molar-refractivity contribution in [2.45, 2.75) is 25.7 Å². The summed E-state index contributed by atoms with van der Waals surface area (Å²) in [5.74, 6) is -1.68. The maximum atomic E-state index is 13.5. The van der Waals surface area contributed by atoms with Gasteiger partial charge in [-0.15, -0.1) is 0 Å². The number of hydrogen-bond acceptors (Lipinski definition) is 3. The second-order valence-electron chi connectivity index (χ2n) is 4.13. The highest BCUT2D eigenvalue weighted by atomic mass is 32.2. The van der Waals surface area contributed by atoms with Crippen LogP contribution in [0.5, 0.6) is 0 Å². The molecule has 1 N–H and O–H groups in total. The van der Waals surface area contributed by atoms with Crippen molar-refractivity contribution in [3.05, 3.63) is 41.2 Å². The molecule has 0 aliphatic rings. The van der Waals surface area contributed by atoms with Crippen molar-refractivity contribution in [2.24, 2.45) is 0 Å². The zero-order chi connectivity index (χ0) is 13.9. The molecule has 4 nitrogen and oxygen atoms in total. The normalized spacial score (nSPS) is 10.9. The average molecular weight is 271 g/mol. The second kappa shape index (κ2) is 5.30. The molecule has 1 aromatic carbocycles. The number of hydrogen-bond donors (Lipinski definition) is 1. The quantitative estimate of drug-likeness (QED) is 0.854. The zero-order valence-electron chi connectivity index (χ0n) is 10.3. The molecule has 0 aliphatic carbocycles. The van der Waals surface area contributed by atoms with Crippen LogP contribution in [0, 0.1) is 12.7 Å². The van der Waals surface area contributed by atoms with Gasteiger partial charge in [-0.1, -0.05) is 11.6 Å². The van der Waals surface area contributed by atoms with E-state index in [1.165, 1.54) is 6.07 Å². The Morgan fingerprint density at radius 3 is 2.44 bits per heavy atom. The summed E-state index contributed by atoms with van der Waals surface area (Å²) < 4.78 is 38.8. The molecule has 0 aromatic heterocycles. The van der Waals surface area contributed by atoms with E-state index in [2.05, 4.69) is 0 Å². The van der Waals surface area contributed by atoms with Gasteiger partial charge in [-0.05, 0) is 38.5 Å². The lowest BCUT2D eigenvalue weighted by molar-refractivity contribution is -0.114. The average Bonchev–Trinajstić information content (AvgIpc) is 2.13. The van der Waals surface area contributed by atoms with Crippen molar-refractivity contribution in [1.82, 2.24) is 4.72 Å². The van der Waals surface area contributed by atoms with Gasteiger partial charge in [0.25, 0.3) is 15.9 Å². The van der Waals surface area contributed by atoms with Crippen molar-refractivity contribution in [3.63, 3.8) is 0 Å². The molecule has 0 bridgehead atoms. The van der Waals surface area contributed by atoms with Gasteiger partial charge in [0.1, 0.15) is 10.7 Å². The van der Waals surface area contributed by atoms with E-state index in [0.717, 1.165) is 18.2 Å². The molecule has 1 aromatic rings. The number of halogens is 1. The summed E-state index contributed by atoms with van der Waals surface area (Å²) in [6, 6.07) is 3.69. The fourth-order valence-electron chi connectivity index (χ4n) is 1.30. The number of carbonyl (C=O) groups excluding carboxylic acids is 1. The molecule has 98 valence electrons. The summed E-state index contributed by atoms with van der Waals surface area (Å²) in [5.41, 5.74) is 1.24. The fourth-order valence-corrected chi connectivity index (χ4v) is 2.30. The third-order valence-electron chi connectivity index (χ3n) is 2.03. The third-order valence-corrected chi connectivity index (χ3v) is 3.41. The lowest BCUT2D eigenvalue weighted by Gasteiger charge is -2.06. The molecule has 18 heavy (non-hydrogen) atoms. The van der Waals surface area contributed by atoms with Gasteiger partial charge < -0.3 is 0 Å². The highest BCUT2D eigenvalue weighted by Crippen LogP contribution is 2.15. The maximum absolute atomic E-state index is 13.5. The predicted molar refractivity (Wildman–Crippen MR) is 65.9 cm³/mol. The lowest BCUT2D eigenvalue weighted by atomic mass is 10.2. The first-order valence-electron chi connectivity index (χ1n) is 5.20. The van der Waals surface area contributed by atoms with Crippen LogP contribution in [0.1, 0.15) is 19.4 Å². The van der Waals surface area contributed by atoms with E-state index in [1.807, 2.05) is 0 Å². The van der Waals surface area contributed by atoms with Crippen LogP contribution < -0.4 is 4.72 Å². The highest BCUT2D eigenvalue weighted by molar-refractivity contribution is 7.90. The molecule has 1 rings (SSSR count). The molecule has 0 unspecified atom stereocenters. The summed E-state index contributed by atoms with van der Waals surface area (Å²) in [5, 5.41) is 0. The number of benzene rings is 1. The van der Waals surface area contributed by atoms with Gasteiger partial charge in [-0.2, -0.15) is 0 Å². The van der Waals surface area contributed by atoms with E-state index in [0.29, 0.717) is 11.1 Å². The monoisotopic (exact) mass is 271 g/mol. The summed E-state index contributed by atoms with van der Waals surface area (Å²) in [7, 11) is -4.17. The van der Waals surface area contributed by atoms with Crippen LogP contribution in [0.4, 0.5) is 4.39 Å². The Bertz CT molecular complexity index is 602. The second-order valence-corrected chi connectivity index (χ2v) is 5.78. The van der Waals surface area contributed by atoms with E-state index in [-0.39, 0.29) is 0 Å². The van der Waals surface area contributed by atoms with Crippen LogP contribution in [-0.2, 0) is 14.8 Å². The Kier molecular flexibility index (Phi) is 4.24. The van der Waals surface area contributed by atoms with E-state index < -0.39 is 26.6 Å². The molecule has 0 heterocycles. The Hall–Kier alpha value is -1.69. The van der Waals surface area contributed by atoms with Crippen molar-refractivity contribution in [3.8, 4) is 0 Å². The van der Waals surface area contributed by atoms with Crippen molar-refractivity contribution >= 4 is 15.9 Å². The van der Waals surface area contributed by atoms with E-state index in [9.17, 15) is 17.6 Å². The number of allylic oxidation sites excluding steroid dienone is 1. The number of nitrogens with one attached hydrogen (secondary N) is 1. The zero-order valence-corrected chi connectivity index (χ0v) is 11.1. The van der Waals surface area contributed by atoms with Crippen molar-refractivity contribution in [2.75, 3.05) is 0 Å². The van der Waals surface area contributed by atoms with Gasteiger partial charge in [0.2, 0.25) is 0 Å². The van der Waals surface area contributed by atoms with Gasteiger partial charge in [-0.3, -0.25) is 4.79 Å². The van der Waals surface area contributed by atoms with Crippen molar-refractivity contribution in [1.29, 1.82) is 0 Å². The number of rotatable bonds is 3. The van der Waals surface area contributed by atoms with Crippen LogP contribution in [0.15, 0.2) is 34.7 Å². The third kappa shape index (κ3) is 3.66. The standard InChI is InChI=1S/C12H14FNO3S/c1-8(2)6-12(15)14-18(16,17)11-5-4-9(3)7-10(11)13/h4-7H,1-3H3,(H,14,15). The molecule has 0 spiro atoms. The Balaban J connectivity index is 3.08. The first kappa shape index (κ1) is 14.4. The van der Waals surface area contributed by atoms with Crippen LogP contribution in [0.3, 0.4) is 0 Å². The molecule has 0 radical (unpaired) electrons. The first-order chi connectivity index (χ1) is 8.22. The fraction of sp³-hybridized carbons (Fsp3) is 0.250. The van der Waals surface area contributed by atoms with Crippen LogP contribution in [0.2, 0.25) is 0 Å². The minimum absolute atomic E-state index is 0.538. The largest absolute Gasteiger partial charge is 0.269 e.